The maximum Gasteiger partial charge on any atom is 0.408 e. The topological polar surface area (TPSA) is 47.6 Å². The molecule has 4 nitrogen and oxygen atoms in total. The minimum absolute atomic E-state index is 0.243. The summed E-state index contributed by atoms with van der Waals surface area (Å²) in [6.07, 6.45) is -0.474. The molecule has 0 aliphatic heterocycles. The average molecular weight is 309 g/mol. The number of hydrogen-bond donors (Lipinski definition) is 1. The number of methoxy groups -OCH3 is 1. The summed E-state index contributed by atoms with van der Waals surface area (Å²) in [5.41, 5.74) is 2.94. The Kier molecular flexibility index (Phi) is 6.70. The molecule has 0 atom stereocenters. The SMILES string of the molecule is COCc1ccc(C#CCNC(=O)OCc2ccccc2)cc1. The van der Waals surface area contributed by atoms with E-state index >= 15 is 0 Å². The second kappa shape index (κ2) is 9.29. The third-order valence-electron chi connectivity index (χ3n) is 3.03. The minimum Gasteiger partial charge on any atom is -0.445 e. The lowest BCUT2D eigenvalue weighted by molar-refractivity contribution is 0.141. The van der Waals surface area contributed by atoms with Gasteiger partial charge in [-0.3, -0.25) is 0 Å². The highest BCUT2D eigenvalue weighted by Gasteiger charge is 2.00. The van der Waals surface area contributed by atoms with Crippen LogP contribution in [0.2, 0.25) is 0 Å². The molecule has 0 spiro atoms. The van der Waals surface area contributed by atoms with Gasteiger partial charge in [0, 0.05) is 12.7 Å². The Balaban J connectivity index is 1.71. The largest absolute Gasteiger partial charge is 0.445 e. The van der Waals surface area contributed by atoms with Gasteiger partial charge >= 0.3 is 6.09 Å². The van der Waals surface area contributed by atoms with Crippen LogP contribution >= 0.6 is 0 Å². The zero-order chi connectivity index (χ0) is 16.3. The average Bonchev–Trinajstić information content (AvgIpc) is 2.59. The van der Waals surface area contributed by atoms with Gasteiger partial charge in [-0.25, -0.2) is 4.79 Å². The van der Waals surface area contributed by atoms with E-state index in [4.69, 9.17) is 9.47 Å². The van der Waals surface area contributed by atoms with Crippen molar-refractivity contribution in [3.63, 3.8) is 0 Å². The van der Waals surface area contributed by atoms with Crippen molar-refractivity contribution < 1.29 is 14.3 Å². The van der Waals surface area contributed by atoms with E-state index in [-0.39, 0.29) is 13.2 Å². The van der Waals surface area contributed by atoms with Crippen molar-refractivity contribution in [3.05, 3.63) is 71.3 Å². The predicted octanol–water partition coefficient (Wildman–Crippen LogP) is 3.11. The van der Waals surface area contributed by atoms with Crippen LogP contribution in [0.1, 0.15) is 16.7 Å². The molecular formula is C19H19NO3. The van der Waals surface area contributed by atoms with Gasteiger partial charge in [-0.2, -0.15) is 0 Å². The highest BCUT2D eigenvalue weighted by atomic mass is 16.5. The van der Waals surface area contributed by atoms with Gasteiger partial charge in [-0.15, -0.1) is 0 Å². The molecule has 0 radical (unpaired) electrons. The molecule has 0 saturated carbocycles. The molecule has 0 saturated heterocycles. The summed E-state index contributed by atoms with van der Waals surface area (Å²) in [5, 5.41) is 2.60. The fourth-order valence-corrected chi connectivity index (χ4v) is 1.89. The van der Waals surface area contributed by atoms with E-state index in [1.807, 2.05) is 54.6 Å². The molecular weight excluding hydrogens is 290 g/mol. The number of alkyl carbamates (subject to hydrolysis) is 1. The van der Waals surface area contributed by atoms with Gasteiger partial charge < -0.3 is 14.8 Å². The Hall–Kier alpha value is -2.77. The standard InChI is InChI=1S/C19H19NO3/c1-22-14-18-11-9-16(10-12-18)8-5-13-20-19(21)23-15-17-6-3-2-4-7-17/h2-4,6-7,9-12H,13-15H2,1H3,(H,20,21). The fraction of sp³-hybridized carbons (Fsp3) is 0.211. The van der Waals surface area contributed by atoms with Crippen molar-refractivity contribution in [1.82, 2.24) is 5.32 Å². The van der Waals surface area contributed by atoms with Crippen molar-refractivity contribution in [2.45, 2.75) is 13.2 Å². The molecule has 2 aromatic carbocycles. The number of carbonyl (C=O) groups is 1. The van der Waals surface area contributed by atoms with E-state index in [0.29, 0.717) is 6.61 Å². The summed E-state index contributed by atoms with van der Waals surface area (Å²) in [6.45, 7) is 1.08. The molecule has 0 unspecified atom stereocenters. The molecule has 0 bridgehead atoms. The molecule has 4 heteroatoms. The monoisotopic (exact) mass is 309 g/mol. The van der Waals surface area contributed by atoms with Gasteiger partial charge in [0.1, 0.15) is 6.61 Å². The molecule has 1 amide bonds. The van der Waals surface area contributed by atoms with E-state index < -0.39 is 6.09 Å². The second-order valence-electron chi connectivity index (χ2n) is 4.85. The molecule has 2 rings (SSSR count). The lowest BCUT2D eigenvalue weighted by Gasteiger charge is -2.04. The molecule has 2 aromatic rings. The molecule has 1 N–H and O–H groups in total. The van der Waals surface area contributed by atoms with Crippen LogP contribution < -0.4 is 5.32 Å². The zero-order valence-electron chi connectivity index (χ0n) is 13.0. The first-order valence-corrected chi connectivity index (χ1v) is 7.29. The number of carbonyl (C=O) groups excluding carboxylic acids is 1. The van der Waals surface area contributed by atoms with Gasteiger partial charge in [-0.05, 0) is 23.3 Å². The quantitative estimate of drug-likeness (QED) is 0.863. The Morgan fingerprint density at radius 1 is 1.00 bits per heavy atom. The Bertz CT molecular complexity index is 669. The van der Waals surface area contributed by atoms with Crippen LogP contribution in [-0.2, 0) is 22.7 Å². The Morgan fingerprint density at radius 3 is 2.39 bits per heavy atom. The number of amides is 1. The van der Waals surface area contributed by atoms with E-state index in [1.54, 1.807) is 7.11 Å². The highest BCUT2D eigenvalue weighted by molar-refractivity contribution is 5.67. The lowest BCUT2D eigenvalue weighted by atomic mass is 10.1. The van der Waals surface area contributed by atoms with Gasteiger partial charge in [0.15, 0.2) is 0 Å². The van der Waals surface area contributed by atoms with Crippen LogP contribution in [-0.4, -0.2) is 19.7 Å². The molecule has 0 heterocycles. The van der Waals surface area contributed by atoms with E-state index in [2.05, 4.69) is 17.2 Å². The molecule has 118 valence electrons. The molecule has 0 aromatic heterocycles. The summed E-state index contributed by atoms with van der Waals surface area (Å²) < 4.78 is 10.1. The van der Waals surface area contributed by atoms with E-state index in [1.165, 1.54) is 0 Å². The van der Waals surface area contributed by atoms with Gasteiger partial charge in [0.25, 0.3) is 0 Å². The van der Waals surface area contributed by atoms with Crippen LogP contribution in [0, 0.1) is 11.8 Å². The molecule has 23 heavy (non-hydrogen) atoms. The molecule has 0 fully saturated rings. The maximum atomic E-state index is 11.5. The summed E-state index contributed by atoms with van der Waals surface area (Å²) in [4.78, 5) is 11.5. The number of benzene rings is 2. The lowest BCUT2D eigenvalue weighted by Crippen LogP contribution is -2.24. The number of nitrogens with one attached hydrogen (secondary N) is 1. The van der Waals surface area contributed by atoms with Crippen molar-refractivity contribution in [2.24, 2.45) is 0 Å². The zero-order valence-corrected chi connectivity index (χ0v) is 13.0. The third-order valence-corrected chi connectivity index (χ3v) is 3.03. The van der Waals surface area contributed by atoms with Crippen molar-refractivity contribution in [3.8, 4) is 11.8 Å². The van der Waals surface area contributed by atoms with Crippen LogP contribution in [0.15, 0.2) is 54.6 Å². The van der Waals surface area contributed by atoms with Crippen molar-refractivity contribution in [1.29, 1.82) is 0 Å². The van der Waals surface area contributed by atoms with E-state index in [9.17, 15) is 4.79 Å². The number of rotatable bonds is 5. The predicted molar refractivity (Wildman–Crippen MR) is 88.7 cm³/mol. The van der Waals surface area contributed by atoms with E-state index in [0.717, 1.165) is 16.7 Å². The maximum absolute atomic E-state index is 11.5. The van der Waals surface area contributed by atoms with Crippen LogP contribution in [0.25, 0.3) is 0 Å². The summed E-state index contributed by atoms with van der Waals surface area (Å²) in [7, 11) is 1.66. The first-order valence-electron chi connectivity index (χ1n) is 7.29. The van der Waals surface area contributed by atoms with Crippen LogP contribution in [0.5, 0.6) is 0 Å². The van der Waals surface area contributed by atoms with Gasteiger partial charge in [0.2, 0.25) is 0 Å². The first kappa shape index (κ1) is 16.6. The number of hydrogen-bond acceptors (Lipinski definition) is 3. The van der Waals surface area contributed by atoms with Crippen LogP contribution in [0.3, 0.4) is 0 Å². The third kappa shape index (κ3) is 6.25. The van der Waals surface area contributed by atoms with Crippen molar-refractivity contribution in [2.75, 3.05) is 13.7 Å². The second-order valence-corrected chi connectivity index (χ2v) is 4.85. The van der Waals surface area contributed by atoms with Gasteiger partial charge in [0.05, 0.1) is 13.2 Å². The number of ether oxygens (including phenoxy) is 2. The fourth-order valence-electron chi connectivity index (χ4n) is 1.89. The first-order chi connectivity index (χ1) is 11.3. The molecule has 0 aliphatic carbocycles. The Labute approximate surface area is 136 Å². The summed E-state index contributed by atoms with van der Waals surface area (Å²) in [5.74, 6) is 5.87. The van der Waals surface area contributed by atoms with Gasteiger partial charge in [-0.1, -0.05) is 54.3 Å². The smallest absolute Gasteiger partial charge is 0.408 e. The summed E-state index contributed by atoms with van der Waals surface area (Å²) in [6, 6.07) is 17.3. The van der Waals surface area contributed by atoms with Crippen molar-refractivity contribution >= 4 is 6.09 Å². The normalized spacial score (nSPS) is 9.61. The Morgan fingerprint density at radius 2 is 1.70 bits per heavy atom. The summed E-state index contributed by atoms with van der Waals surface area (Å²) >= 11 is 0. The molecule has 0 aliphatic rings. The highest BCUT2D eigenvalue weighted by Crippen LogP contribution is 2.04. The van der Waals surface area contributed by atoms with Crippen LogP contribution in [0.4, 0.5) is 4.79 Å². The minimum atomic E-state index is -0.474.